The van der Waals surface area contributed by atoms with Gasteiger partial charge in [-0.15, -0.1) is 25.7 Å². The van der Waals surface area contributed by atoms with Gasteiger partial charge in [0.25, 0.3) is 0 Å². The van der Waals surface area contributed by atoms with Gasteiger partial charge < -0.3 is 9.55 Å². The zero-order valence-electron chi connectivity index (χ0n) is 30.5. The fourth-order valence-corrected chi connectivity index (χ4v) is 7.33. The summed E-state index contributed by atoms with van der Waals surface area (Å²) in [5, 5.41) is 0. The van der Waals surface area contributed by atoms with Crippen LogP contribution in [0, 0.1) is 49.4 Å². The van der Waals surface area contributed by atoms with Crippen molar-refractivity contribution in [1.29, 1.82) is 0 Å². The van der Waals surface area contributed by atoms with Crippen molar-refractivity contribution in [2.24, 2.45) is 0 Å². The molecular weight excluding hydrogens is 736 g/mol. The summed E-state index contributed by atoms with van der Waals surface area (Å²) in [6.45, 7) is 0. The predicted octanol–water partition coefficient (Wildman–Crippen LogP) is 11.0. The van der Waals surface area contributed by atoms with E-state index in [0.29, 0.717) is 0 Å². The molecule has 0 fully saturated rings. The summed E-state index contributed by atoms with van der Waals surface area (Å²) in [5.41, 5.74) is 16.6. The number of fused-ring (bicyclic) bond motifs is 8. The molecule has 9 rings (SSSR count). The molecule has 2 aliphatic rings. The molecule has 2 aliphatic heterocycles. The Kier molecular flexibility index (Phi) is 9.64. The summed E-state index contributed by atoms with van der Waals surface area (Å²) in [4.78, 5) is 13.9. The summed E-state index contributed by atoms with van der Waals surface area (Å²) < 4.78 is 2.29. The Morgan fingerprint density at radius 3 is 1.37 bits per heavy atom. The number of benzene rings is 4. The van der Waals surface area contributed by atoms with E-state index in [2.05, 4.69) is 93.9 Å². The van der Waals surface area contributed by atoms with E-state index < -0.39 is 0 Å². The van der Waals surface area contributed by atoms with Gasteiger partial charge in [-0.1, -0.05) is 60.1 Å². The molecule has 1 N–H and O–H groups in total. The minimum absolute atomic E-state index is 0. The number of aromatic amines is 1. The molecular formula is C52H30MnN4. The molecule has 0 saturated carbocycles. The fraction of sp³-hybridized carbons (Fsp3) is 0. The van der Waals surface area contributed by atoms with E-state index in [1.807, 2.05) is 91.0 Å². The maximum Gasteiger partial charge on any atom is 0.0737 e. The zero-order valence-corrected chi connectivity index (χ0v) is 31.6. The number of H-pyrrole nitrogens is 1. The van der Waals surface area contributed by atoms with Crippen molar-refractivity contribution in [3.63, 3.8) is 0 Å². The third kappa shape index (κ3) is 6.79. The molecule has 5 heteroatoms. The van der Waals surface area contributed by atoms with E-state index in [9.17, 15) is 0 Å². The van der Waals surface area contributed by atoms with Crippen molar-refractivity contribution in [2.75, 3.05) is 0 Å². The van der Waals surface area contributed by atoms with Crippen LogP contribution >= 0.6 is 0 Å². The van der Waals surface area contributed by atoms with Crippen molar-refractivity contribution in [3.05, 3.63) is 172 Å². The van der Waals surface area contributed by atoms with Crippen molar-refractivity contribution in [3.8, 4) is 88.4 Å². The van der Waals surface area contributed by atoms with Crippen LogP contribution in [-0.4, -0.2) is 19.5 Å². The second-order valence-electron chi connectivity index (χ2n) is 13.4. The van der Waals surface area contributed by atoms with Crippen LogP contribution in [0.3, 0.4) is 0 Å². The molecule has 0 aliphatic carbocycles. The molecule has 7 aromatic rings. The standard InChI is InChI=1S/C52H30N4.Mn/c1-5-34-9-17-38(18-10-34)49-47-30-27-44(55-47)32-43-24-23-41(53-43)31-42-25-26-45(54-42)33-48-50(39-19-11-35(6-2)12-20-39)51(40-21-13-36(7-3)14-22-40)52(49)56(48)46-28-15-37(8-4)16-29-46;/h1-4,9-33,53H;. The first-order chi connectivity index (χ1) is 27.5. The number of nitrogens with zero attached hydrogens (tertiary/aromatic N) is 3. The van der Waals surface area contributed by atoms with Crippen LogP contribution in [0.5, 0.6) is 0 Å². The van der Waals surface area contributed by atoms with Gasteiger partial charge in [0.05, 0.1) is 33.8 Å². The van der Waals surface area contributed by atoms with Gasteiger partial charge in [0.15, 0.2) is 0 Å². The van der Waals surface area contributed by atoms with Crippen molar-refractivity contribution in [1.82, 2.24) is 19.5 Å². The van der Waals surface area contributed by atoms with E-state index in [1.54, 1.807) is 0 Å². The van der Waals surface area contributed by atoms with Crippen LogP contribution < -0.4 is 0 Å². The third-order valence-electron chi connectivity index (χ3n) is 9.98. The van der Waals surface area contributed by atoms with Crippen LogP contribution in [0.1, 0.15) is 45.0 Å². The van der Waals surface area contributed by atoms with E-state index in [0.717, 1.165) is 106 Å². The van der Waals surface area contributed by atoms with Gasteiger partial charge in [0.2, 0.25) is 0 Å². The van der Waals surface area contributed by atoms with Gasteiger partial charge >= 0.3 is 0 Å². The number of hydrogen-bond donors (Lipinski definition) is 1. The molecule has 0 unspecified atom stereocenters. The van der Waals surface area contributed by atoms with Gasteiger partial charge in [-0.05, 0) is 132 Å². The van der Waals surface area contributed by atoms with Gasteiger partial charge in [0.1, 0.15) is 0 Å². The third-order valence-corrected chi connectivity index (χ3v) is 9.98. The second kappa shape index (κ2) is 15.2. The Labute approximate surface area is 342 Å². The summed E-state index contributed by atoms with van der Waals surface area (Å²) in [7, 11) is 0. The van der Waals surface area contributed by atoms with E-state index >= 15 is 0 Å². The van der Waals surface area contributed by atoms with Crippen LogP contribution in [0.4, 0.5) is 0 Å². The summed E-state index contributed by atoms with van der Waals surface area (Å²) in [6.07, 6.45) is 31.7. The Morgan fingerprint density at radius 1 is 0.439 bits per heavy atom. The van der Waals surface area contributed by atoms with Gasteiger partial charge in [-0.25, -0.2) is 9.97 Å². The molecule has 4 nitrogen and oxygen atoms in total. The molecule has 5 heterocycles. The molecule has 57 heavy (non-hydrogen) atoms. The quantitative estimate of drug-likeness (QED) is 0.143. The maximum atomic E-state index is 5.88. The molecule has 1 radical (unpaired) electrons. The van der Waals surface area contributed by atoms with Crippen molar-refractivity contribution < 1.29 is 17.1 Å². The Morgan fingerprint density at radius 2 is 0.860 bits per heavy atom. The minimum atomic E-state index is 0. The molecule has 0 saturated heterocycles. The second-order valence-corrected chi connectivity index (χ2v) is 13.4. The van der Waals surface area contributed by atoms with Crippen molar-refractivity contribution >= 4 is 46.4 Å². The predicted molar refractivity (Wildman–Crippen MR) is 232 cm³/mol. The smallest absolute Gasteiger partial charge is 0.0737 e. The normalized spacial score (nSPS) is 11.2. The van der Waals surface area contributed by atoms with E-state index in [4.69, 9.17) is 35.7 Å². The summed E-state index contributed by atoms with van der Waals surface area (Å²) >= 11 is 0. The zero-order chi connectivity index (χ0) is 38.2. The first-order valence-electron chi connectivity index (χ1n) is 18.0. The molecule has 0 atom stereocenters. The minimum Gasteiger partial charge on any atom is -0.355 e. The number of aromatic nitrogens is 4. The van der Waals surface area contributed by atoms with E-state index in [-0.39, 0.29) is 17.1 Å². The molecule has 8 bridgehead atoms. The molecule has 4 aromatic carbocycles. The summed E-state index contributed by atoms with van der Waals surface area (Å²) in [5.74, 6) is 11.1. The molecule has 265 valence electrons. The fourth-order valence-electron chi connectivity index (χ4n) is 7.33. The topological polar surface area (TPSA) is 46.5 Å². The monoisotopic (exact) mass is 765 g/mol. The Bertz CT molecular complexity index is 3130. The number of terminal acetylenes is 4. The summed E-state index contributed by atoms with van der Waals surface area (Å²) in [6, 6.07) is 42.6. The average Bonchev–Trinajstić information content (AvgIpc) is 4.06. The van der Waals surface area contributed by atoms with E-state index in [1.165, 1.54) is 0 Å². The van der Waals surface area contributed by atoms with Crippen LogP contribution in [-0.2, 0) is 17.1 Å². The average molecular weight is 766 g/mol. The Balaban J connectivity index is 0.00000455. The Hall–Kier alpha value is -7.76. The van der Waals surface area contributed by atoms with Crippen molar-refractivity contribution in [2.45, 2.75) is 0 Å². The molecule has 0 amide bonds. The SMILES string of the molecule is C#Cc1ccc(-c2c(-c3ccc(C#C)cc3)c3c(-c4ccc(C#C)cc4)c4nc(cc5ccc(cc6nc(cc2n3-c2ccc(C#C)cc2)C=C6)[nH]5)C=C4)cc1.[Mn]. The number of rotatable bonds is 4. The van der Waals surface area contributed by atoms with Gasteiger partial charge in [-0.3, -0.25) is 0 Å². The molecule has 3 aromatic heterocycles. The molecule has 0 spiro atoms. The largest absolute Gasteiger partial charge is 0.355 e. The van der Waals surface area contributed by atoms with Crippen LogP contribution in [0.25, 0.3) is 85.4 Å². The first kappa shape index (κ1) is 36.2. The maximum absolute atomic E-state index is 5.88. The van der Waals surface area contributed by atoms with Crippen LogP contribution in [0.2, 0.25) is 0 Å². The van der Waals surface area contributed by atoms with Crippen LogP contribution in [0.15, 0.2) is 127 Å². The number of hydrogen-bond acceptors (Lipinski definition) is 2. The van der Waals surface area contributed by atoms with Gasteiger partial charge in [0, 0.05) is 72.7 Å². The number of nitrogens with one attached hydrogen (secondary N) is 1. The first-order valence-corrected chi connectivity index (χ1v) is 18.0. The van der Waals surface area contributed by atoms with Gasteiger partial charge in [-0.2, -0.15) is 0 Å².